The Morgan fingerprint density at radius 3 is 2.50 bits per heavy atom. The summed E-state index contributed by atoms with van der Waals surface area (Å²) in [6, 6.07) is 7.16. The lowest BCUT2D eigenvalue weighted by Gasteiger charge is -2.11. The fourth-order valence-electron chi connectivity index (χ4n) is 2.57. The van der Waals surface area contributed by atoms with Crippen LogP contribution in [0.5, 0.6) is 0 Å². The molecule has 0 saturated carbocycles. The molecule has 22 heavy (non-hydrogen) atoms. The number of carboxylic acid groups (broad SMARTS) is 1. The number of para-hydroxylation sites is 1. The predicted octanol–water partition coefficient (Wildman–Crippen LogP) is 2.65. The fraction of sp³-hybridized carbons (Fsp3) is 0.176. The lowest BCUT2D eigenvalue weighted by Crippen LogP contribution is -2.21. The minimum absolute atomic E-state index is 0.182. The van der Waals surface area contributed by atoms with Crippen molar-refractivity contribution < 1.29 is 14.3 Å². The molecule has 2 aromatic carbocycles. The number of fused-ring (bicyclic) bond motifs is 2. The number of aryl methyl sites for hydroxylation is 2. The van der Waals surface area contributed by atoms with E-state index in [1.807, 2.05) is 19.9 Å². The molecule has 0 fully saturated rings. The monoisotopic (exact) mass is 297 g/mol. The van der Waals surface area contributed by atoms with Gasteiger partial charge in [0.25, 0.3) is 0 Å². The van der Waals surface area contributed by atoms with Crippen molar-refractivity contribution in [2.45, 2.75) is 19.9 Å². The molecule has 5 heteroatoms. The molecular formula is C17H15NO4. The first-order chi connectivity index (χ1) is 10.4. The number of carbonyl (C=O) groups is 1. The SMILES string of the molecule is Cc1ccc2c(=O)c3cccc(C(N)C(=O)O)c3oc2c1C. The number of aliphatic carboxylic acids is 1. The van der Waals surface area contributed by atoms with Crippen LogP contribution in [0.15, 0.2) is 39.5 Å². The van der Waals surface area contributed by atoms with Crippen LogP contribution in [0.4, 0.5) is 0 Å². The zero-order valence-corrected chi connectivity index (χ0v) is 12.2. The summed E-state index contributed by atoms with van der Waals surface area (Å²) >= 11 is 0. The van der Waals surface area contributed by atoms with Crippen molar-refractivity contribution in [3.05, 3.63) is 57.2 Å². The molecule has 0 aliphatic heterocycles. The topological polar surface area (TPSA) is 93.5 Å². The number of nitrogens with two attached hydrogens (primary N) is 1. The molecule has 1 aromatic heterocycles. The molecule has 0 saturated heterocycles. The Bertz CT molecular complexity index is 972. The highest BCUT2D eigenvalue weighted by atomic mass is 16.4. The van der Waals surface area contributed by atoms with Gasteiger partial charge in [-0.05, 0) is 37.1 Å². The minimum Gasteiger partial charge on any atom is -0.480 e. The molecule has 1 heterocycles. The molecule has 0 radical (unpaired) electrons. The van der Waals surface area contributed by atoms with E-state index in [1.54, 1.807) is 24.3 Å². The Hall–Kier alpha value is -2.66. The van der Waals surface area contributed by atoms with Crippen molar-refractivity contribution in [3.8, 4) is 0 Å². The molecular weight excluding hydrogens is 282 g/mol. The van der Waals surface area contributed by atoms with Crippen LogP contribution in [0.1, 0.15) is 22.7 Å². The lowest BCUT2D eigenvalue weighted by atomic mass is 10.0. The molecule has 0 spiro atoms. The highest BCUT2D eigenvalue weighted by Gasteiger charge is 2.20. The van der Waals surface area contributed by atoms with Crippen LogP contribution >= 0.6 is 0 Å². The predicted molar refractivity (Wildman–Crippen MR) is 84.0 cm³/mol. The van der Waals surface area contributed by atoms with Crippen molar-refractivity contribution in [3.63, 3.8) is 0 Å². The van der Waals surface area contributed by atoms with E-state index in [9.17, 15) is 9.59 Å². The first-order valence-electron chi connectivity index (χ1n) is 6.86. The van der Waals surface area contributed by atoms with E-state index in [-0.39, 0.29) is 11.0 Å². The van der Waals surface area contributed by atoms with Gasteiger partial charge in [-0.1, -0.05) is 18.2 Å². The van der Waals surface area contributed by atoms with E-state index in [2.05, 4.69) is 0 Å². The standard InChI is InChI=1S/C17H15NO4/c1-8-6-7-12-14(19)11-5-3-4-10(13(18)17(20)21)16(11)22-15(12)9(8)2/h3-7,13H,18H2,1-2H3,(H,20,21). The van der Waals surface area contributed by atoms with Gasteiger partial charge in [-0.25, -0.2) is 0 Å². The molecule has 0 bridgehead atoms. The maximum absolute atomic E-state index is 12.6. The number of hydrogen-bond donors (Lipinski definition) is 2. The van der Waals surface area contributed by atoms with Crippen LogP contribution in [0, 0.1) is 13.8 Å². The molecule has 5 nitrogen and oxygen atoms in total. The van der Waals surface area contributed by atoms with Crippen molar-refractivity contribution in [1.82, 2.24) is 0 Å². The number of benzene rings is 2. The summed E-state index contributed by atoms with van der Waals surface area (Å²) in [4.78, 5) is 23.8. The molecule has 1 atom stereocenters. The first kappa shape index (κ1) is 14.3. The van der Waals surface area contributed by atoms with Gasteiger partial charge in [0.05, 0.1) is 10.8 Å². The van der Waals surface area contributed by atoms with Gasteiger partial charge in [-0.15, -0.1) is 0 Å². The molecule has 3 rings (SSSR count). The van der Waals surface area contributed by atoms with Crippen LogP contribution in [0.2, 0.25) is 0 Å². The summed E-state index contributed by atoms with van der Waals surface area (Å²) in [7, 11) is 0. The molecule has 0 amide bonds. The fourth-order valence-corrected chi connectivity index (χ4v) is 2.57. The number of rotatable bonds is 2. The van der Waals surface area contributed by atoms with Gasteiger partial charge in [0.2, 0.25) is 5.43 Å². The third-order valence-electron chi connectivity index (χ3n) is 4.02. The van der Waals surface area contributed by atoms with Crippen molar-refractivity contribution in [1.29, 1.82) is 0 Å². The Labute approximate surface area is 126 Å². The van der Waals surface area contributed by atoms with E-state index in [0.29, 0.717) is 21.9 Å². The smallest absolute Gasteiger partial charge is 0.325 e. The maximum Gasteiger partial charge on any atom is 0.325 e. The second kappa shape index (κ2) is 4.96. The van der Waals surface area contributed by atoms with Crippen LogP contribution in [0.3, 0.4) is 0 Å². The number of carboxylic acids is 1. The molecule has 0 aliphatic carbocycles. The largest absolute Gasteiger partial charge is 0.480 e. The summed E-state index contributed by atoms with van der Waals surface area (Å²) in [5, 5.41) is 9.95. The third-order valence-corrected chi connectivity index (χ3v) is 4.02. The molecule has 0 aliphatic rings. The van der Waals surface area contributed by atoms with Gasteiger partial charge in [0.15, 0.2) is 0 Å². The summed E-state index contributed by atoms with van der Waals surface area (Å²) < 4.78 is 5.90. The van der Waals surface area contributed by atoms with Crippen molar-refractivity contribution in [2.75, 3.05) is 0 Å². The van der Waals surface area contributed by atoms with E-state index in [0.717, 1.165) is 11.1 Å². The average Bonchev–Trinajstić information content (AvgIpc) is 2.50. The average molecular weight is 297 g/mol. The van der Waals surface area contributed by atoms with Gasteiger partial charge in [0.1, 0.15) is 17.2 Å². The molecule has 3 aromatic rings. The quantitative estimate of drug-likeness (QED) is 0.709. The van der Waals surface area contributed by atoms with Gasteiger partial charge in [-0.3, -0.25) is 9.59 Å². The summed E-state index contributed by atoms with van der Waals surface area (Å²) in [6.07, 6.45) is 0. The normalized spacial score (nSPS) is 12.7. The zero-order valence-electron chi connectivity index (χ0n) is 12.2. The van der Waals surface area contributed by atoms with Crippen molar-refractivity contribution in [2.24, 2.45) is 5.73 Å². The highest BCUT2D eigenvalue weighted by molar-refractivity contribution is 5.94. The van der Waals surface area contributed by atoms with Crippen LogP contribution in [-0.2, 0) is 4.79 Å². The maximum atomic E-state index is 12.6. The van der Waals surface area contributed by atoms with E-state index in [4.69, 9.17) is 15.3 Å². The zero-order chi connectivity index (χ0) is 16.0. The van der Waals surface area contributed by atoms with Gasteiger partial charge < -0.3 is 15.3 Å². The van der Waals surface area contributed by atoms with Gasteiger partial charge >= 0.3 is 5.97 Å². The molecule has 1 unspecified atom stereocenters. The van der Waals surface area contributed by atoms with Gasteiger partial charge in [0, 0.05) is 5.56 Å². The Kier molecular flexibility index (Phi) is 3.22. The molecule has 3 N–H and O–H groups in total. The summed E-state index contributed by atoms with van der Waals surface area (Å²) in [5.41, 5.74) is 8.38. The highest BCUT2D eigenvalue weighted by Crippen LogP contribution is 2.27. The van der Waals surface area contributed by atoms with Crippen LogP contribution in [0.25, 0.3) is 21.9 Å². The first-order valence-corrected chi connectivity index (χ1v) is 6.86. The second-order valence-corrected chi connectivity index (χ2v) is 5.36. The Morgan fingerprint density at radius 2 is 1.82 bits per heavy atom. The van der Waals surface area contributed by atoms with Crippen LogP contribution < -0.4 is 11.2 Å². The van der Waals surface area contributed by atoms with Crippen molar-refractivity contribution >= 4 is 27.9 Å². The van der Waals surface area contributed by atoms with E-state index >= 15 is 0 Å². The van der Waals surface area contributed by atoms with Gasteiger partial charge in [-0.2, -0.15) is 0 Å². The Morgan fingerprint density at radius 1 is 1.14 bits per heavy atom. The molecule has 112 valence electrons. The lowest BCUT2D eigenvalue weighted by molar-refractivity contribution is -0.138. The Balaban J connectivity index is 2.51. The third kappa shape index (κ3) is 1.98. The summed E-state index contributed by atoms with van der Waals surface area (Å²) in [6.45, 7) is 3.79. The summed E-state index contributed by atoms with van der Waals surface area (Å²) in [5.74, 6) is -1.17. The van der Waals surface area contributed by atoms with E-state index < -0.39 is 12.0 Å². The second-order valence-electron chi connectivity index (χ2n) is 5.36. The van der Waals surface area contributed by atoms with E-state index in [1.165, 1.54) is 0 Å². The van der Waals surface area contributed by atoms with Crippen LogP contribution in [-0.4, -0.2) is 11.1 Å². The minimum atomic E-state index is -1.24. The number of hydrogen-bond acceptors (Lipinski definition) is 4.